The lowest BCUT2D eigenvalue weighted by molar-refractivity contribution is -0.0923. The van der Waals surface area contributed by atoms with Crippen molar-refractivity contribution in [1.29, 1.82) is 5.26 Å². The largest absolute Gasteiger partial charge is 0.373 e. The summed E-state index contributed by atoms with van der Waals surface area (Å²) in [6, 6.07) is 9.62. The molecule has 4 heteroatoms. The summed E-state index contributed by atoms with van der Waals surface area (Å²) in [4.78, 5) is 2.16. The molecule has 1 fully saturated rings. The summed E-state index contributed by atoms with van der Waals surface area (Å²) in [6.45, 7) is 6.31. The Kier molecular flexibility index (Phi) is 3.91. The molecule has 0 bridgehead atoms. The van der Waals surface area contributed by atoms with E-state index in [4.69, 9.17) is 16.3 Å². The summed E-state index contributed by atoms with van der Waals surface area (Å²) in [6.07, 6.45) is 0. The first-order valence-electron chi connectivity index (χ1n) is 6.05. The minimum atomic E-state index is -0.231. The number of benzene rings is 1. The number of nitriles is 1. The van der Waals surface area contributed by atoms with Crippen molar-refractivity contribution < 1.29 is 4.74 Å². The van der Waals surface area contributed by atoms with E-state index in [2.05, 4.69) is 24.8 Å². The van der Waals surface area contributed by atoms with Gasteiger partial charge in [0.2, 0.25) is 0 Å². The topological polar surface area (TPSA) is 36.3 Å². The van der Waals surface area contributed by atoms with E-state index in [-0.39, 0.29) is 11.6 Å². The monoisotopic (exact) mass is 264 g/mol. The molecule has 0 spiro atoms. The highest BCUT2D eigenvalue weighted by molar-refractivity contribution is 6.30. The molecule has 2 rings (SSSR count). The van der Waals surface area contributed by atoms with Gasteiger partial charge in [-0.1, -0.05) is 23.7 Å². The zero-order valence-electron chi connectivity index (χ0n) is 10.7. The van der Waals surface area contributed by atoms with E-state index >= 15 is 0 Å². The van der Waals surface area contributed by atoms with E-state index in [1.807, 2.05) is 24.3 Å². The van der Waals surface area contributed by atoms with Crippen LogP contribution in [-0.4, -0.2) is 30.2 Å². The fourth-order valence-electron chi connectivity index (χ4n) is 2.29. The van der Waals surface area contributed by atoms with E-state index in [0.717, 1.165) is 18.7 Å². The summed E-state index contributed by atoms with van der Waals surface area (Å²) < 4.78 is 5.67. The Balaban J connectivity index is 2.19. The Morgan fingerprint density at radius 2 is 2.06 bits per heavy atom. The lowest BCUT2D eigenvalue weighted by Gasteiger charge is -2.40. The van der Waals surface area contributed by atoms with E-state index < -0.39 is 0 Å². The van der Waals surface area contributed by atoms with Crippen molar-refractivity contribution in [2.75, 3.05) is 19.7 Å². The van der Waals surface area contributed by atoms with Crippen LogP contribution in [0.1, 0.15) is 25.5 Å². The van der Waals surface area contributed by atoms with Crippen LogP contribution in [0.3, 0.4) is 0 Å². The maximum Gasteiger partial charge on any atom is 0.124 e. The van der Waals surface area contributed by atoms with Gasteiger partial charge in [0.05, 0.1) is 18.3 Å². The van der Waals surface area contributed by atoms with Gasteiger partial charge in [0.25, 0.3) is 0 Å². The van der Waals surface area contributed by atoms with E-state index in [1.54, 1.807) is 0 Å². The highest BCUT2D eigenvalue weighted by Gasteiger charge is 2.31. The third kappa shape index (κ3) is 3.02. The molecule has 3 nitrogen and oxygen atoms in total. The zero-order chi connectivity index (χ0) is 13.2. The molecule has 0 aliphatic carbocycles. The van der Waals surface area contributed by atoms with Gasteiger partial charge in [0.1, 0.15) is 6.04 Å². The van der Waals surface area contributed by atoms with Gasteiger partial charge < -0.3 is 4.74 Å². The van der Waals surface area contributed by atoms with Crippen LogP contribution in [-0.2, 0) is 4.74 Å². The van der Waals surface area contributed by atoms with E-state index in [0.29, 0.717) is 11.6 Å². The molecule has 0 N–H and O–H groups in total. The fourth-order valence-corrected chi connectivity index (χ4v) is 2.41. The third-order valence-electron chi connectivity index (χ3n) is 3.13. The highest BCUT2D eigenvalue weighted by Crippen LogP contribution is 2.27. The minimum Gasteiger partial charge on any atom is -0.373 e. The predicted molar refractivity (Wildman–Crippen MR) is 71.4 cm³/mol. The van der Waals surface area contributed by atoms with Crippen LogP contribution in [0.2, 0.25) is 5.02 Å². The molecule has 96 valence electrons. The molecule has 1 atom stereocenters. The van der Waals surface area contributed by atoms with Crippen LogP contribution in [0.15, 0.2) is 24.3 Å². The van der Waals surface area contributed by atoms with Crippen molar-refractivity contribution in [2.45, 2.75) is 25.5 Å². The maximum atomic E-state index is 9.41. The van der Waals surface area contributed by atoms with Crippen LogP contribution in [0.25, 0.3) is 0 Å². The molecule has 1 aliphatic heterocycles. The van der Waals surface area contributed by atoms with Crippen molar-refractivity contribution in [3.8, 4) is 6.07 Å². The Bertz CT molecular complexity index is 450. The maximum absolute atomic E-state index is 9.41. The molecule has 1 aromatic rings. The van der Waals surface area contributed by atoms with Crippen molar-refractivity contribution in [3.63, 3.8) is 0 Å². The Labute approximate surface area is 113 Å². The molecular weight excluding hydrogens is 248 g/mol. The normalized spacial score (nSPS) is 21.2. The summed E-state index contributed by atoms with van der Waals surface area (Å²) in [5, 5.41) is 10.1. The molecule has 18 heavy (non-hydrogen) atoms. The minimum absolute atomic E-state index is 0.195. The molecule has 0 saturated carbocycles. The lowest BCUT2D eigenvalue weighted by Crippen LogP contribution is -2.49. The average Bonchev–Trinajstić information content (AvgIpc) is 2.31. The summed E-state index contributed by atoms with van der Waals surface area (Å²) in [5.41, 5.74) is 0.791. The Hall–Kier alpha value is -1.08. The predicted octanol–water partition coefficient (Wildman–Crippen LogP) is 3.02. The smallest absolute Gasteiger partial charge is 0.124 e. The van der Waals surface area contributed by atoms with Gasteiger partial charge in [-0.25, -0.2) is 0 Å². The number of morpholine rings is 1. The van der Waals surface area contributed by atoms with Gasteiger partial charge in [0.15, 0.2) is 0 Å². The summed E-state index contributed by atoms with van der Waals surface area (Å²) >= 11 is 5.87. The van der Waals surface area contributed by atoms with Gasteiger partial charge in [-0.15, -0.1) is 0 Å². The molecule has 0 amide bonds. The van der Waals surface area contributed by atoms with Crippen molar-refractivity contribution in [1.82, 2.24) is 4.90 Å². The second-order valence-electron chi connectivity index (χ2n) is 5.16. The van der Waals surface area contributed by atoms with Gasteiger partial charge in [-0.2, -0.15) is 5.26 Å². The molecule has 0 aromatic heterocycles. The molecular formula is C14H17ClN2O. The van der Waals surface area contributed by atoms with Crippen molar-refractivity contribution in [3.05, 3.63) is 34.9 Å². The SMILES string of the molecule is CC1(C)CN([C@H](C#N)c2ccc(Cl)cc2)CCO1. The van der Waals surface area contributed by atoms with Gasteiger partial charge in [-0.05, 0) is 31.5 Å². The fraction of sp³-hybridized carbons (Fsp3) is 0.500. The first kappa shape index (κ1) is 13.4. The molecule has 1 saturated heterocycles. The molecule has 0 radical (unpaired) electrons. The number of nitrogens with zero attached hydrogens (tertiary/aromatic N) is 2. The lowest BCUT2D eigenvalue weighted by atomic mass is 10.0. The second-order valence-corrected chi connectivity index (χ2v) is 5.60. The van der Waals surface area contributed by atoms with Crippen LogP contribution >= 0.6 is 11.6 Å². The molecule has 1 aliphatic rings. The van der Waals surface area contributed by atoms with Gasteiger partial charge in [-0.3, -0.25) is 4.90 Å². The quantitative estimate of drug-likeness (QED) is 0.824. The van der Waals surface area contributed by atoms with E-state index in [1.165, 1.54) is 0 Å². The Morgan fingerprint density at radius 3 is 2.61 bits per heavy atom. The first-order chi connectivity index (χ1) is 8.52. The zero-order valence-corrected chi connectivity index (χ0v) is 11.4. The molecule has 0 unspecified atom stereocenters. The number of halogens is 1. The molecule has 1 aromatic carbocycles. The van der Waals surface area contributed by atoms with Crippen molar-refractivity contribution >= 4 is 11.6 Å². The molecule has 1 heterocycles. The number of hydrogen-bond acceptors (Lipinski definition) is 3. The van der Waals surface area contributed by atoms with Crippen LogP contribution in [0.5, 0.6) is 0 Å². The van der Waals surface area contributed by atoms with E-state index in [9.17, 15) is 5.26 Å². The second kappa shape index (κ2) is 5.27. The van der Waals surface area contributed by atoms with Crippen molar-refractivity contribution in [2.24, 2.45) is 0 Å². The number of hydrogen-bond donors (Lipinski definition) is 0. The van der Waals surface area contributed by atoms with Crippen LogP contribution in [0, 0.1) is 11.3 Å². The Morgan fingerprint density at radius 1 is 1.39 bits per heavy atom. The number of ether oxygens (including phenoxy) is 1. The first-order valence-corrected chi connectivity index (χ1v) is 6.43. The van der Waals surface area contributed by atoms with Gasteiger partial charge in [0, 0.05) is 18.1 Å². The summed E-state index contributed by atoms with van der Waals surface area (Å²) in [5.74, 6) is 0. The van der Waals surface area contributed by atoms with Crippen LogP contribution < -0.4 is 0 Å². The van der Waals surface area contributed by atoms with Gasteiger partial charge >= 0.3 is 0 Å². The highest BCUT2D eigenvalue weighted by atomic mass is 35.5. The average molecular weight is 265 g/mol. The standard InChI is InChI=1S/C14H17ClN2O/c1-14(2)10-17(7-8-18-14)13(9-16)11-3-5-12(15)6-4-11/h3-6,13H,7-8,10H2,1-2H3/t13-/m1/s1. The van der Waals surface area contributed by atoms with Crippen LogP contribution in [0.4, 0.5) is 0 Å². The summed E-state index contributed by atoms with van der Waals surface area (Å²) in [7, 11) is 0. The number of rotatable bonds is 2. The third-order valence-corrected chi connectivity index (χ3v) is 3.38.